The molecule has 0 spiro atoms. The molecule has 0 bridgehead atoms. The van der Waals surface area contributed by atoms with E-state index < -0.39 is 12.2 Å². The molecule has 0 fully saturated rings. The van der Waals surface area contributed by atoms with E-state index in [-0.39, 0.29) is 0 Å². The topological polar surface area (TPSA) is 88.0 Å². The Hall–Kier alpha value is -2.66. The first-order valence-corrected chi connectivity index (χ1v) is 6.11. The van der Waals surface area contributed by atoms with Crippen LogP contribution in [0.25, 0.3) is 11.1 Å². The van der Waals surface area contributed by atoms with E-state index in [1.807, 2.05) is 12.1 Å². The molecule has 0 unspecified atom stereocenters. The fourth-order valence-corrected chi connectivity index (χ4v) is 2.75. The Morgan fingerprint density at radius 3 is 1.50 bits per heavy atom. The third-order valence-corrected chi connectivity index (χ3v) is 3.63. The lowest BCUT2D eigenvalue weighted by molar-refractivity contribution is 0.0155. The summed E-state index contributed by atoms with van der Waals surface area (Å²) in [4.78, 5) is 0. The number of aliphatic hydroxyl groups excluding tert-OH is 2. The van der Waals surface area contributed by atoms with E-state index in [0.29, 0.717) is 33.4 Å². The molecule has 1 aliphatic carbocycles. The zero-order valence-corrected chi connectivity index (χ0v) is 10.4. The van der Waals surface area contributed by atoms with Gasteiger partial charge in [0.25, 0.3) is 0 Å². The Bertz CT molecular complexity index is 717. The summed E-state index contributed by atoms with van der Waals surface area (Å²) in [5, 5.41) is 38.9. The molecule has 20 heavy (non-hydrogen) atoms. The first-order chi connectivity index (χ1) is 9.69. The van der Waals surface area contributed by atoms with Crippen LogP contribution in [0, 0.1) is 22.7 Å². The highest BCUT2D eigenvalue weighted by Gasteiger charge is 2.34. The predicted molar refractivity (Wildman–Crippen MR) is 71.2 cm³/mol. The smallest absolute Gasteiger partial charge is 0.111 e. The maximum Gasteiger partial charge on any atom is 0.111 e. The van der Waals surface area contributed by atoms with Crippen molar-refractivity contribution in [2.45, 2.75) is 12.2 Å². The standard InChI is InChI=1S/C16H10N2O2/c17-7-9-3-1-5-11-12-6-2-4-10(8-18)14(12)16(20)15(19)13(9)11/h1-6,15-16,19-20H/t15-,16-/m1/s1. The highest BCUT2D eigenvalue weighted by molar-refractivity contribution is 5.78. The van der Waals surface area contributed by atoms with Crippen molar-refractivity contribution in [1.29, 1.82) is 10.5 Å². The second-order valence-electron chi connectivity index (χ2n) is 4.65. The number of nitriles is 2. The maximum atomic E-state index is 10.3. The van der Waals surface area contributed by atoms with Crippen LogP contribution in [0.4, 0.5) is 0 Å². The molecule has 4 heteroatoms. The molecule has 0 aliphatic heterocycles. The molecular weight excluding hydrogens is 252 g/mol. The van der Waals surface area contributed by atoms with Gasteiger partial charge in [0.2, 0.25) is 0 Å². The zero-order valence-electron chi connectivity index (χ0n) is 10.4. The molecule has 0 heterocycles. The lowest BCUT2D eigenvalue weighted by Gasteiger charge is -2.30. The number of hydrogen-bond donors (Lipinski definition) is 2. The van der Waals surface area contributed by atoms with E-state index >= 15 is 0 Å². The normalized spacial score (nSPS) is 19.4. The molecular formula is C16H10N2O2. The number of rotatable bonds is 0. The Balaban J connectivity index is 2.41. The minimum atomic E-state index is -1.21. The van der Waals surface area contributed by atoms with Crippen LogP contribution < -0.4 is 0 Å². The maximum absolute atomic E-state index is 10.3. The minimum absolute atomic E-state index is 0.335. The lowest BCUT2D eigenvalue weighted by atomic mass is 9.78. The van der Waals surface area contributed by atoms with E-state index in [0.717, 1.165) is 0 Å². The predicted octanol–water partition coefficient (Wildman–Crippen LogP) is 2.18. The van der Waals surface area contributed by atoms with Gasteiger partial charge >= 0.3 is 0 Å². The molecule has 2 N–H and O–H groups in total. The summed E-state index contributed by atoms with van der Waals surface area (Å²) in [6.07, 6.45) is -2.41. The molecule has 4 nitrogen and oxygen atoms in total. The molecule has 2 atom stereocenters. The molecule has 2 aromatic carbocycles. The van der Waals surface area contributed by atoms with Crippen molar-refractivity contribution in [3.63, 3.8) is 0 Å². The van der Waals surface area contributed by atoms with Crippen LogP contribution in [0.15, 0.2) is 36.4 Å². The fraction of sp³-hybridized carbons (Fsp3) is 0.125. The molecule has 0 saturated heterocycles. The van der Waals surface area contributed by atoms with E-state index in [1.165, 1.54) is 0 Å². The number of fused-ring (bicyclic) bond motifs is 3. The van der Waals surface area contributed by atoms with E-state index in [4.69, 9.17) is 10.5 Å². The quantitative estimate of drug-likeness (QED) is 0.761. The Labute approximate surface area is 115 Å². The SMILES string of the molecule is N#Cc1cccc2c1[C@@H](O)[C@H](O)c1c(C#N)cccc1-2. The number of benzene rings is 2. The summed E-state index contributed by atoms with van der Waals surface area (Å²) in [7, 11) is 0. The summed E-state index contributed by atoms with van der Waals surface area (Å²) in [6.45, 7) is 0. The fourth-order valence-electron chi connectivity index (χ4n) is 2.75. The van der Waals surface area contributed by atoms with E-state index in [1.54, 1.807) is 36.4 Å². The van der Waals surface area contributed by atoms with Gasteiger partial charge in [-0.05, 0) is 23.3 Å². The summed E-state index contributed by atoms with van der Waals surface area (Å²) in [6, 6.07) is 14.3. The molecule has 1 aliphatic rings. The summed E-state index contributed by atoms with van der Waals surface area (Å²) in [5.41, 5.74) is 2.89. The number of hydrogen-bond acceptors (Lipinski definition) is 4. The Morgan fingerprint density at radius 1 is 0.750 bits per heavy atom. The second-order valence-corrected chi connectivity index (χ2v) is 4.65. The van der Waals surface area contributed by atoms with Crippen LogP contribution in [0.1, 0.15) is 34.5 Å². The average molecular weight is 262 g/mol. The van der Waals surface area contributed by atoms with Gasteiger partial charge in [0.05, 0.1) is 23.3 Å². The second kappa shape index (κ2) is 4.47. The Morgan fingerprint density at radius 2 is 1.15 bits per heavy atom. The molecule has 0 amide bonds. The summed E-state index contributed by atoms with van der Waals surface area (Å²) < 4.78 is 0. The highest BCUT2D eigenvalue weighted by atomic mass is 16.3. The zero-order chi connectivity index (χ0) is 14.3. The van der Waals surface area contributed by atoms with Crippen LogP contribution in [-0.4, -0.2) is 10.2 Å². The van der Waals surface area contributed by atoms with E-state index in [9.17, 15) is 10.2 Å². The van der Waals surface area contributed by atoms with Gasteiger partial charge in [-0.3, -0.25) is 0 Å². The highest BCUT2D eigenvalue weighted by Crippen LogP contribution is 2.46. The molecule has 0 saturated carbocycles. The average Bonchev–Trinajstić information content (AvgIpc) is 2.50. The number of aliphatic hydroxyl groups is 2. The van der Waals surface area contributed by atoms with Crippen molar-refractivity contribution < 1.29 is 10.2 Å². The lowest BCUT2D eigenvalue weighted by Crippen LogP contribution is -2.19. The summed E-state index contributed by atoms with van der Waals surface area (Å²) in [5.74, 6) is 0. The van der Waals surface area contributed by atoms with Crippen LogP contribution in [0.2, 0.25) is 0 Å². The first-order valence-electron chi connectivity index (χ1n) is 6.11. The summed E-state index contributed by atoms with van der Waals surface area (Å²) >= 11 is 0. The number of nitrogens with zero attached hydrogens (tertiary/aromatic N) is 2. The van der Waals surface area contributed by atoms with Crippen LogP contribution in [0.3, 0.4) is 0 Å². The molecule has 96 valence electrons. The largest absolute Gasteiger partial charge is 0.385 e. The monoisotopic (exact) mass is 262 g/mol. The first kappa shape index (κ1) is 12.4. The van der Waals surface area contributed by atoms with Crippen LogP contribution in [-0.2, 0) is 0 Å². The van der Waals surface area contributed by atoms with Crippen molar-refractivity contribution in [1.82, 2.24) is 0 Å². The van der Waals surface area contributed by atoms with Gasteiger partial charge in [0.1, 0.15) is 12.2 Å². The van der Waals surface area contributed by atoms with Gasteiger partial charge in [-0.1, -0.05) is 24.3 Å². The third kappa shape index (κ3) is 1.53. The van der Waals surface area contributed by atoms with Gasteiger partial charge < -0.3 is 10.2 Å². The molecule has 0 radical (unpaired) electrons. The van der Waals surface area contributed by atoms with Gasteiger partial charge in [-0.2, -0.15) is 10.5 Å². The van der Waals surface area contributed by atoms with Crippen molar-refractivity contribution in [3.8, 4) is 23.3 Å². The Kier molecular flexibility index (Phi) is 2.76. The van der Waals surface area contributed by atoms with Crippen LogP contribution in [0.5, 0.6) is 0 Å². The van der Waals surface area contributed by atoms with Gasteiger partial charge in [-0.15, -0.1) is 0 Å². The van der Waals surface area contributed by atoms with Crippen molar-refractivity contribution >= 4 is 0 Å². The van der Waals surface area contributed by atoms with Gasteiger partial charge in [0.15, 0.2) is 0 Å². The minimum Gasteiger partial charge on any atom is -0.385 e. The van der Waals surface area contributed by atoms with Crippen LogP contribution >= 0.6 is 0 Å². The third-order valence-electron chi connectivity index (χ3n) is 3.63. The van der Waals surface area contributed by atoms with Crippen molar-refractivity contribution in [2.24, 2.45) is 0 Å². The van der Waals surface area contributed by atoms with Gasteiger partial charge in [-0.25, -0.2) is 0 Å². The van der Waals surface area contributed by atoms with Crippen molar-refractivity contribution in [3.05, 3.63) is 58.7 Å². The molecule has 2 aromatic rings. The van der Waals surface area contributed by atoms with E-state index in [2.05, 4.69) is 0 Å². The van der Waals surface area contributed by atoms with Crippen molar-refractivity contribution in [2.75, 3.05) is 0 Å². The van der Waals surface area contributed by atoms with Gasteiger partial charge in [0, 0.05) is 11.1 Å². The molecule has 0 aromatic heterocycles. The molecule has 3 rings (SSSR count).